The van der Waals surface area contributed by atoms with Crippen LogP contribution in [-0.2, 0) is 33.3 Å². The monoisotopic (exact) mass is 616 g/mol. The number of rotatable bonds is 9. The third kappa shape index (κ3) is 6.67. The van der Waals surface area contributed by atoms with E-state index in [0.29, 0.717) is 0 Å². The zero-order valence-corrected chi connectivity index (χ0v) is 22.6. The maximum atomic E-state index is 14.0. The van der Waals surface area contributed by atoms with Gasteiger partial charge in [0, 0.05) is 10.8 Å². The lowest BCUT2D eigenvalue weighted by Gasteiger charge is -2.19. The summed E-state index contributed by atoms with van der Waals surface area (Å²) in [5.41, 5.74) is -3.30. The standard InChI is InChI=1S/C31H22F6N2O5/c32-30(33,34)23-15-25(31(35,36)37)38-27-26(23)22-13-7-8-14-24(22)39(27)18-44-21(16-42-28(40)19-9-3-1-4-10-19)17-43-29(41)20-11-5-2-6-12-20/h1-15,21H,16-18H2. The van der Waals surface area contributed by atoms with Crippen LogP contribution in [0.2, 0.25) is 0 Å². The fourth-order valence-electron chi connectivity index (χ4n) is 4.50. The molecule has 0 aliphatic rings. The van der Waals surface area contributed by atoms with Crippen molar-refractivity contribution in [2.75, 3.05) is 13.2 Å². The lowest BCUT2D eigenvalue weighted by Crippen LogP contribution is -2.29. The SMILES string of the molecule is O=C(OCC(COC(=O)c1ccccc1)OCn1c2ccccc2c2c(C(F)(F)F)cc(C(F)(F)F)nc21)c1ccccc1. The maximum Gasteiger partial charge on any atom is 0.433 e. The molecule has 0 atom stereocenters. The Bertz CT molecular complexity index is 1730. The van der Waals surface area contributed by atoms with Crippen LogP contribution in [-0.4, -0.2) is 40.8 Å². The smallest absolute Gasteiger partial charge is 0.433 e. The summed E-state index contributed by atoms with van der Waals surface area (Å²) >= 11 is 0. The van der Waals surface area contributed by atoms with E-state index >= 15 is 0 Å². The second-order valence-electron chi connectivity index (χ2n) is 9.54. The molecule has 0 unspecified atom stereocenters. The number of alkyl halides is 6. The summed E-state index contributed by atoms with van der Waals surface area (Å²) in [5, 5.41) is -0.533. The second kappa shape index (κ2) is 12.4. The molecule has 7 nitrogen and oxygen atoms in total. The Kier molecular flexibility index (Phi) is 8.59. The number of halogens is 6. The first-order valence-electron chi connectivity index (χ1n) is 13.1. The lowest BCUT2D eigenvalue weighted by atomic mass is 10.1. The molecule has 0 amide bonds. The minimum Gasteiger partial charge on any atom is -0.459 e. The molecule has 0 N–H and O–H groups in total. The maximum absolute atomic E-state index is 14.0. The Morgan fingerprint density at radius 2 is 1.25 bits per heavy atom. The first-order chi connectivity index (χ1) is 20.9. The van der Waals surface area contributed by atoms with Gasteiger partial charge in [-0.05, 0) is 36.4 Å². The molecule has 44 heavy (non-hydrogen) atoms. The fourth-order valence-corrected chi connectivity index (χ4v) is 4.50. The summed E-state index contributed by atoms with van der Waals surface area (Å²) < 4.78 is 101. The number of hydrogen-bond acceptors (Lipinski definition) is 6. The van der Waals surface area contributed by atoms with Gasteiger partial charge in [0.2, 0.25) is 0 Å². The van der Waals surface area contributed by atoms with Gasteiger partial charge in [-0.2, -0.15) is 26.3 Å². The molecule has 5 aromatic rings. The van der Waals surface area contributed by atoms with E-state index in [2.05, 4.69) is 4.98 Å². The summed E-state index contributed by atoms with van der Waals surface area (Å²) in [6.07, 6.45) is -11.5. The Morgan fingerprint density at radius 3 is 1.77 bits per heavy atom. The number of fused-ring (bicyclic) bond motifs is 3. The van der Waals surface area contributed by atoms with Crippen molar-refractivity contribution in [3.63, 3.8) is 0 Å². The van der Waals surface area contributed by atoms with Crippen LogP contribution in [0.15, 0.2) is 91.0 Å². The van der Waals surface area contributed by atoms with E-state index < -0.39 is 72.6 Å². The number of pyridine rings is 1. The highest BCUT2D eigenvalue weighted by Gasteiger charge is 2.40. The van der Waals surface area contributed by atoms with Crippen molar-refractivity contribution in [2.45, 2.75) is 25.2 Å². The van der Waals surface area contributed by atoms with Gasteiger partial charge in [-0.25, -0.2) is 14.6 Å². The van der Waals surface area contributed by atoms with Gasteiger partial charge >= 0.3 is 24.3 Å². The minimum absolute atomic E-state index is 0.00205. The highest BCUT2D eigenvalue weighted by atomic mass is 19.4. The number of benzene rings is 3. The van der Waals surface area contributed by atoms with E-state index in [1.807, 2.05) is 0 Å². The summed E-state index contributed by atoms with van der Waals surface area (Å²) in [6.45, 7) is -1.53. The first-order valence-corrected chi connectivity index (χ1v) is 13.1. The second-order valence-corrected chi connectivity index (χ2v) is 9.54. The molecule has 0 radical (unpaired) electrons. The molecule has 2 aromatic heterocycles. The Morgan fingerprint density at radius 1 is 0.727 bits per heavy atom. The molecule has 0 fully saturated rings. The average molecular weight is 617 g/mol. The van der Waals surface area contributed by atoms with Crippen molar-refractivity contribution in [3.05, 3.63) is 113 Å². The molecule has 5 rings (SSSR count). The van der Waals surface area contributed by atoms with E-state index in [9.17, 15) is 35.9 Å². The fraction of sp³-hybridized carbons (Fsp3) is 0.194. The van der Waals surface area contributed by atoms with Crippen molar-refractivity contribution < 1.29 is 50.1 Å². The van der Waals surface area contributed by atoms with Crippen LogP contribution in [0.1, 0.15) is 32.0 Å². The summed E-state index contributed by atoms with van der Waals surface area (Å²) in [6, 6.07) is 21.6. The molecule has 0 saturated heterocycles. The third-order valence-electron chi connectivity index (χ3n) is 6.58. The van der Waals surface area contributed by atoms with Gasteiger partial charge in [-0.15, -0.1) is 0 Å². The Balaban J connectivity index is 1.48. The number of carbonyl (C=O) groups is 2. The summed E-state index contributed by atoms with van der Waals surface area (Å²) in [4.78, 5) is 28.6. The number of nitrogens with zero attached hydrogens (tertiary/aromatic N) is 2. The van der Waals surface area contributed by atoms with Gasteiger partial charge < -0.3 is 18.8 Å². The molecule has 13 heteroatoms. The van der Waals surface area contributed by atoms with Crippen LogP contribution < -0.4 is 0 Å². The van der Waals surface area contributed by atoms with Crippen molar-refractivity contribution >= 4 is 33.9 Å². The molecule has 0 saturated carbocycles. The summed E-state index contributed by atoms with van der Waals surface area (Å²) in [7, 11) is 0. The molecule has 0 spiro atoms. The predicted octanol–water partition coefficient (Wildman–Crippen LogP) is 7.28. The van der Waals surface area contributed by atoms with Gasteiger partial charge in [0.1, 0.15) is 37.4 Å². The third-order valence-corrected chi connectivity index (χ3v) is 6.58. The van der Waals surface area contributed by atoms with Crippen molar-refractivity contribution in [1.82, 2.24) is 9.55 Å². The van der Waals surface area contributed by atoms with Crippen molar-refractivity contribution in [2.24, 2.45) is 0 Å². The molecular formula is C31H22F6N2O5. The van der Waals surface area contributed by atoms with Crippen LogP contribution in [0, 0.1) is 0 Å². The van der Waals surface area contributed by atoms with E-state index in [-0.39, 0.29) is 28.1 Å². The van der Waals surface area contributed by atoms with Gasteiger partial charge in [-0.1, -0.05) is 54.6 Å². The number of aromatic nitrogens is 2. The van der Waals surface area contributed by atoms with Crippen molar-refractivity contribution in [1.29, 1.82) is 0 Å². The predicted molar refractivity (Wildman–Crippen MR) is 146 cm³/mol. The molecule has 0 aliphatic carbocycles. The minimum atomic E-state index is -5.17. The highest BCUT2D eigenvalue weighted by Crippen LogP contribution is 2.42. The zero-order chi connectivity index (χ0) is 31.5. The number of ether oxygens (including phenoxy) is 3. The van der Waals surface area contributed by atoms with E-state index in [1.165, 1.54) is 48.5 Å². The van der Waals surface area contributed by atoms with Crippen LogP contribution in [0.4, 0.5) is 26.3 Å². The average Bonchev–Trinajstić information content (AvgIpc) is 3.33. The van der Waals surface area contributed by atoms with Crippen LogP contribution in [0.3, 0.4) is 0 Å². The Labute approximate surface area is 245 Å². The molecule has 0 bridgehead atoms. The highest BCUT2D eigenvalue weighted by molar-refractivity contribution is 6.08. The number of para-hydroxylation sites is 1. The van der Waals surface area contributed by atoms with Crippen LogP contribution in [0.25, 0.3) is 21.9 Å². The zero-order valence-electron chi connectivity index (χ0n) is 22.6. The van der Waals surface area contributed by atoms with Crippen LogP contribution in [0.5, 0.6) is 0 Å². The quantitative estimate of drug-likeness (QED) is 0.128. The number of carbonyl (C=O) groups excluding carboxylic acids is 2. The van der Waals surface area contributed by atoms with E-state index in [4.69, 9.17) is 14.2 Å². The normalized spacial score (nSPS) is 12.2. The lowest BCUT2D eigenvalue weighted by molar-refractivity contribution is -0.144. The molecule has 228 valence electrons. The molecule has 2 heterocycles. The van der Waals surface area contributed by atoms with Gasteiger partial charge in [0.15, 0.2) is 0 Å². The summed E-state index contributed by atoms with van der Waals surface area (Å²) in [5.74, 6) is -1.45. The van der Waals surface area contributed by atoms with E-state index in [1.54, 1.807) is 36.4 Å². The van der Waals surface area contributed by atoms with Crippen LogP contribution >= 0.6 is 0 Å². The Hall–Kier alpha value is -4.91. The molecule has 0 aliphatic heterocycles. The van der Waals surface area contributed by atoms with E-state index in [0.717, 1.165) is 4.57 Å². The topological polar surface area (TPSA) is 79.6 Å². The van der Waals surface area contributed by atoms with Gasteiger partial charge in [0.25, 0.3) is 0 Å². The molecule has 3 aromatic carbocycles. The van der Waals surface area contributed by atoms with Gasteiger partial charge in [0.05, 0.1) is 22.2 Å². The first kappa shape index (κ1) is 30.5. The van der Waals surface area contributed by atoms with Crippen molar-refractivity contribution in [3.8, 4) is 0 Å². The number of hydrogen-bond donors (Lipinski definition) is 0. The van der Waals surface area contributed by atoms with Gasteiger partial charge in [-0.3, -0.25) is 0 Å². The number of esters is 2. The molecular weight excluding hydrogens is 594 g/mol. The largest absolute Gasteiger partial charge is 0.459 e.